The van der Waals surface area contributed by atoms with Gasteiger partial charge < -0.3 is 9.64 Å². The highest BCUT2D eigenvalue weighted by molar-refractivity contribution is 5.71. The minimum Gasteiger partial charge on any atom is -0.469 e. The standard InChI is InChI=1S/C10H21NO2/c1-8(2)6-11(4)7-9(3)10(12)13-5/h8-9H,6-7H2,1-5H3. The highest BCUT2D eigenvalue weighted by atomic mass is 16.5. The van der Waals surface area contributed by atoms with E-state index < -0.39 is 0 Å². The molecule has 0 saturated carbocycles. The Labute approximate surface area is 81.1 Å². The zero-order chi connectivity index (χ0) is 10.4. The van der Waals surface area contributed by atoms with Crippen LogP contribution in [-0.2, 0) is 9.53 Å². The van der Waals surface area contributed by atoms with E-state index in [9.17, 15) is 4.79 Å². The third kappa shape index (κ3) is 5.64. The minimum absolute atomic E-state index is 0.0336. The topological polar surface area (TPSA) is 29.5 Å². The highest BCUT2D eigenvalue weighted by Gasteiger charge is 2.15. The number of rotatable bonds is 5. The lowest BCUT2D eigenvalue weighted by Crippen LogP contribution is -2.31. The second-order valence-electron chi connectivity index (χ2n) is 4.04. The second-order valence-corrected chi connectivity index (χ2v) is 4.04. The molecule has 0 bridgehead atoms. The van der Waals surface area contributed by atoms with Gasteiger partial charge in [0.15, 0.2) is 0 Å². The van der Waals surface area contributed by atoms with Crippen LogP contribution >= 0.6 is 0 Å². The van der Waals surface area contributed by atoms with Crippen LogP contribution in [-0.4, -0.2) is 38.1 Å². The van der Waals surface area contributed by atoms with Gasteiger partial charge in [0.25, 0.3) is 0 Å². The van der Waals surface area contributed by atoms with E-state index >= 15 is 0 Å². The number of carbonyl (C=O) groups excluding carboxylic acids is 1. The van der Waals surface area contributed by atoms with Crippen molar-refractivity contribution in [3.63, 3.8) is 0 Å². The number of methoxy groups -OCH3 is 1. The van der Waals surface area contributed by atoms with Gasteiger partial charge in [-0.05, 0) is 13.0 Å². The van der Waals surface area contributed by atoms with Crippen molar-refractivity contribution >= 4 is 5.97 Å². The number of esters is 1. The summed E-state index contributed by atoms with van der Waals surface area (Å²) in [6, 6.07) is 0. The summed E-state index contributed by atoms with van der Waals surface area (Å²) in [5.74, 6) is 0.471. The van der Waals surface area contributed by atoms with Crippen LogP contribution in [0.2, 0.25) is 0 Å². The maximum Gasteiger partial charge on any atom is 0.309 e. The summed E-state index contributed by atoms with van der Waals surface area (Å²) in [7, 11) is 3.46. The summed E-state index contributed by atoms with van der Waals surface area (Å²) < 4.78 is 4.65. The first-order chi connectivity index (χ1) is 5.97. The van der Waals surface area contributed by atoms with Crippen molar-refractivity contribution in [2.24, 2.45) is 11.8 Å². The Morgan fingerprint density at radius 3 is 2.23 bits per heavy atom. The van der Waals surface area contributed by atoms with E-state index in [1.54, 1.807) is 0 Å². The summed E-state index contributed by atoms with van der Waals surface area (Å²) >= 11 is 0. The molecule has 0 N–H and O–H groups in total. The molecule has 1 unspecified atom stereocenters. The predicted octanol–water partition coefficient (Wildman–Crippen LogP) is 1.38. The molecule has 0 spiro atoms. The van der Waals surface area contributed by atoms with Crippen molar-refractivity contribution in [1.82, 2.24) is 4.90 Å². The number of ether oxygens (including phenoxy) is 1. The molecule has 0 aromatic heterocycles. The Bertz CT molecular complexity index is 157. The predicted molar refractivity (Wildman–Crippen MR) is 53.5 cm³/mol. The third-order valence-corrected chi connectivity index (χ3v) is 1.87. The number of hydrogen-bond donors (Lipinski definition) is 0. The molecule has 78 valence electrons. The van der Waals surface area contributed by atoms with Gasteiger partial charge in [-0.15, -0.1) is 0 Å². The number of nitrogens with zero attached hydrogens (tertiary/aromatic N) is 1. The molecule has 3 heteroatoms. The fraction of sp³-hybridized carbons (Fsp3) is 0.900. The van der Waals surface area contributed by atoms with Crippen molar-refractivity contribution < 1.29 is 9.53 Å². The normalized spacial score (nSPS) is 13.5. The first kappa shape index (κ1) is 12.4. The van der Waals surface area contributed by atoms with Gasteiger partial charge in [-0.25, -0.2) is 0 Å². The molecule has 0 aromatic rings. The van der Waals surface area contributed by atoms with Crippen LogP contribution < -0.4 is 0 Å². The molecule has 0 saturated heterocycles. The Morgan fingerprint density at radius 1 is 1.31 bits per heavy atom. The minimum atomic E-state index is -0.129. The molecule has 0 aromatic carbocycles. The number of hydrogen-bond acceptors (Lipinski definition) is 3. The fourth-order valence-corrected chi connectivity index (χ4v) is 1.44. The quantitative estimate of drug-likeness (QED) is 0.609. The van der Waals surface area contributed by atoms with E-state index in [1.165, 1.54) is 7.11 Å². The molecule has 0 rings (SSSR count). The first-order valence-electron chi connectivity index (χ1n) is 4.73. The lowest BCUT2D eigenvalue weighted by molar-refractivity contribution is -0.145. The van der Waals surface area contributed by atoms with E-state index in [0.717, 1.165) is 13.1 Å². The van der Waals surface area contributed by atoms with E-state index in [4.69, 9.17) is 0 Å². The molecule has 0 aliphatic carbocycles. The molecular formula is C10H21NO2. The highest BCUT2D eigenvalue weighted by Crippen LogP contribution is 2.03. The van der Waals surface area contributed by atoms with E-state index in [-0.39, 0.29) is 11.9 Å². The Morgan fingerprint density at radius 2 is 1.85 bits per heavy atom. The van der Waals surface area contributed by atoms with Crippen LogP contribution in [0.4, 0.5) is 0 Å². The average Bonchev–Trinajstić information content (AvgIpc) is 2.01. The maximum atomic E-state index is 11.1. The van der Waals surface area contributed by atoms with Crippen molar-refractivity contribution in [3.05, 3.63) is 0 Å². The van der Waals surface area contributed by atoms with Crippen molar-refractivity contribution in [1.29, 1.82) is 0 Å². The van der Waals surface area contributed by atoms with Crippen LogP contribution in [0.1, 0.15) is 20.8 Å². The molecule has 0 fully saturated rings. The Hall–Kier alpha value is -0.570. The van der Waals surface area contributed by atoms with Gasteiger partial charge in [0.2, 0.25) is 0 Å². The van der Waals surface area contributed by atoms with Gasteiger partial charge >= 0.3 is 5.97 Å². The molecule has 0 amide bonds. The SMILES string of the molecule is COC(=O)C(C)CN(C)CC(C)C. The van der Waals surface area contributed by atoms with E-state index in [0.29, 0.717) is 5.92 Å². The summed E-state index contributed by atoms with van der Waals surface area (Å²) in [5, 5.41) is 0. The van der Waals surface area contributed by atoms with Crippen LogP contribution in [0.3, 0.4) is 0 Å². The summed E-state index contributed by atoms with van der Waals surface area (Å²) in [5.41, 5.74) is 0. The van der Waals surface area contributed by atoms with Crippen LogP contribution in [0, 0.1) is 11.8 Å². The molecule has 0 radical (unpaired) electrons. The summed E-state index contributed by atoms with van der Waals surface area (Å²) in [6.45, 7) is 8.01. The Balaban J connectivity index is 3.77. The lowest BCUT2D eigenvalue weighted by Gasteiger charge is -2.21. The summed E-state index contributed by atoms with van der Waals surface area (Å²) in [4.78, 5) is 13.2. The van der Waals surface area contributed by atoms with Crippen molar-refractivity contribution in [2.45, 2.75) is 20.8 Å². The second kappa shape index (κ2) is 5.97. The van der Waals surface area contributed by atoms with Gasteiger partial charge in [-0.1, -0.05) is 20.8 Å². The van der Waals surface area contributed by atoms with Crippen LogP contribution in [0.5, 0.6) is 0 Å². The zero-order valence-corrected chi connectivity index (χ0v) is 9.33. The van der Waals surface area contributed by atoms with Gasteiger partial charge in [0.05, 0.1) is 13.0 Å². The largest absolute Gasteiger partial charge is 0.469 e. The smallest absolute Gasteiger partial charge is 0.309 e. The van der Waals surface area contributed by atoms with E-state index in [2.05, 4.69) is 23.5 Å². The average molecular weight is 187 g/mol. The molecular weight excluding hydrogens is 166 g/mol. The van der Waals surface area contributed by atoms with Crippen LogP contribution in [0.15, 0.2) is 0 Å². The third-order valence-electron chi connectivity index (χ3n) is 1.87. The molecule has 0 heterocycles. The van der Waals surface area contributed by atoms with Crippen molar-refractivity contribution in [2.75, 3.05) is 27.2 Å². The molecule has 3 nitrogen and oxygen atoms in total. The molecule has 13 heavy (non-hydrogen) atoms. The number of carbonyl (C=O) groups is 1. The van der Waals surface area contributed by atoms with E-state index in [1.807, 2.05) is 14.0 Å². The Kier molecular flexibility index (Phi) is 5.71. The van der Waals surface area contributed by atoms with Gasteiger partial charge in [0.1, 0.15) is 0 Å². The first-order valence-corrected chi connectivity index (χ1v) is 4.73. The fourth-order valence-electron chi connectivity index (χ4n) is 1.44. The molecule has 0 aliphatic heterocycles. The lowest BCUT2D eigenvalue weighted by atomic mass is 10.1. The zero-order valence-electron chi connectivity index (χ0n) is 9.33. The maximum absolute atomic E-state index is 11.1. The van der Waals surface area contributed by atoms with Crippen LogP contribution in [0.25, 0.3) is 0 Å². The monoisotopic (exact) mass is 187 g/mol. The summed E-state index contributed by atoms with van der Waals surface area (Å²) in [6.07, 6.45) is 0. The molecule has 1 atom stereocenters. The van der Waals surface area contributed by atoms with Crippen molar-refractivity contribution in [3.8, 4) is 0 Å². The van der Waals surface area contributed by atoms with Gasteiger partial charge in [0, 0.05) is 13.1 Å². The van der Waals surface area contributed by atoms with Gasteiger partial charge in [-0.3, -0.25) is 4.79 Å². The molecule has 0 aliphatic rings. The van der Waals surface area contributed by atoms with Gasteiger partial charge in [-0.2, -0.15) is 0 Å².